The maximum Gasteiger partial charge on any atom is 0.337 e. The Morgan fingerprint density at radius 3 is 2.25 bits per heavy atom. The van der Waals surface area contributed by atoms with Gasteiger partial charge in [-0.05, 0) is 30.3 Å². The number of carbonyl (C=O) groups excluding carboxylic acids is 2. The fourth-order valence-electron chi connectivity index (χ4n) is 2.22. The number of esters is 2. The van der Waals surface area contributed by atoms with Crippen LogP contribution in [-0.2, 0) is 16.0 Å². The molecule has 0 aliphatic rings. The van der Waals surface area contributed by atoms with Crippen molar-refractivity contribution in [1.82, 2.24) is 0 Å². The number of aliphatic hydroxyl groups excluding tert-OH is 1. The molecule has 0 aliphatic carbocycles. The van der Waals surface area contributed by atoms with Crippen LogP contribution < -0.4 is 5.32 Å². The van der Waals surface area contributed by atoms with E-state index >= 15 is 0 Å². The zero-order valence-corrected chi connectivity index (χ0v) is 13.6. The number of ether oxygens (including phenoxy) is 2. The second-order valence-electron chi connectivity index (χ2n) is 5.05. The zero-order valence-electron chi connectivity index (χ0n) is 13.6. The van der Waals surface area contributed by atoms with Gasteiger partial charge in [0.1, 0.15) is 12.3 Å². The number of nitrogens with two attached hydrogens (primary N) is 1. The van der Waals surface area contributed by atoms with Crippen molar-refractivity contribution in [3.05, 3.63) is 47.2 Å². The van der Waals surface area contributed by atoms with Crippen LogP contribution >= 0.6 is 0 Å². The van der Waals surface area contributed by atoms with Crippen LogP contribution in [0.3, 0.4) is 0 Å². The molecule has 0 atom stereocenters. The van der Waals surface area contributed by atoms with E-state index in [0.717, 1.165) is 5.76 Å². The van der Waals surface area contributed by atoms with Crippen molar-refractivity contribution in [2.45, 2.75) is 6.54 Å². The summed E-state index contributed by atoms with van der Waals surface area (Å²) in [5.41, 5.74) is 1.05. The Labute approximate surface area is 139 Å². The maximum absolute atomic E-state index is 11.8. The molecule has 3 N–H and O–H groups in total. The number of benzene rings is 1. The second-order valence-corrected chi connectivity index (χ2v) is 5.05. The quantitative estimate of drug-likeness (QED) is 0.567. The van der Waals surface area contributed by atoms with E-state index in [1.165, 1.54) is 20.3 Å². The van der Waals surface area contributed by atoms with Crippen molar-refractivity contribution in [3.63, 3.8) is 0 Å². The minimum atomic E-state index is -0.551. The molecule has 0 spiro atoms. The monoisotopic (exact) mass is 334 g/mol. The lowest BCUT2D eigenvalue weighted by molar-refractivity contribution is -0.673. The first-order chi connectivity index (χ1) is 11.6. The van der Waals surface area contributed by atoms with E-state index < -0.39 is 11.9 Å². The van der Waals surface area contributed by atoms with Crippen LogP contribution in [0.15, 0.2) is 34.7 Å². The predicted molar refractivity (Wildman–Crippen MR) is 84.4 cm³/mol. The molecule has 0 bridgehead atoms. The third-order valence-corrected chi connectivity index (χ3v) is 3.40. The van der Waals surface area contributed by atoms with Crippen LogP contribution in [-0.4, -0.2) is 44.4 Å². The Morgan fingerprint density at radius 2 is 1.71 bits per heavy atom. The van der Waals surface area contributed by atoms with Gasteiger partial charge in [-0.15, -0.1) is 0 Å². The van der Waals surface area contributed by atoms with Gasteiger partial charge < -0.3 is 24.3 Å². The number of rotatable bonds is 7. The second kappa shape index (κ2) is 8.28. The number of carbonyl (C=O) groups is 2. The number of quaternary nitrogens is 1. The van der Waals surface area contributed by atoms with E-state index in [1.807, 2.05) is 11.4 Å². The Morgan fingerprint density at radius 1 is 1.08 bits per heavy atom. The van der Waals surface area contributed by atoms with Gasteiger partial charge in [-0.1, -0.05) is 0 Å². The topological polar surface area (TPSA) is 103 Å². The molecule has 0 saturated carbocycles. The van der Waals surface area contributed by atoms with Gasteiger partial charge in [0.25, 0.3) is 0 Å². The highest BCUT2D eigenvalue weighted by Gasteiger charge is 2.16. The number of furan rings is 1. The summed E-state index contributed by atoms with van der Waals surface area (Å²) in [6, 6.07) is 8.18. The number of methoxy groups -OCH3 is 2. The van der Waals surface area contributed by atoms with E-state index in [1.54, 1.807) is 18.2 Å². The molecule has 2 rings (SSSR count). The zero-order chi connectivity index (χ0) is 17.5. The summed E-state index contributed by atoms with van der Waals surface area (Å²) < 4.78 is 15.2. The molecular formula is C17H20NO6+. The van der Waals surface area contributed by atoms with Gasteiger partial charge in [-0.25, -0.2) is 9.59 Å². The first kappa shape index (κ1) is 17.7. The fourth-order valence-corrected chi connectivity index (χ4v) is 2.22. The molecule has 7 nitrogen and oxygen atoms in total. The summed E-state index contributed by atoms with van der Waals surface area (Å²) in [6.45, 7) is 1.26. The van der Waals surface area contributed by atoms with E-state index in [4.69, 9.17) is 19.0 Å². The largest absolute Gasteiger partial charge is 0.465 e. The molecule has 128 valence electrons. The van der Waals surface area contributed by atoms with Crippen molar-refractivity contribution < 1.29 is 33.9 Å². The molecule has 0 radical (unpaired) electrons. The lowest BCUT2D eigenvalue weighted by atomic mass is 10.0. The normalized spacial score (nSPS) is 10.5. The summed E-state index contributed by atoms with van der Waals surface area (Å²) in [6.07, 6.45) is 0. The molecule has 0 amide bonds. The van der Waals surface area contributed by atoms with Gasteiger partial charge >= 0.3 is 11.9 Å². The maximum atomic E-state index is 11.8. The lowest BCUT2D eigenvalue weighted by Gasteiger charge is -2.06. The molecule has 0 unspecified atom stereocenters. The van der Waals surface area contributed by atoms with Crippen molar-refractivity contribution >= 4 is 11.9 Å². The van der Waals surface area contributed by atoms with Gasteiger partial charge in [-0.2, -0.15) is 0 Å². The van der Waals surface area contributed by atoms with Crippen molar-refractivity contribution in [2.24, 2.45) is 0 Å². The first-order valence-corrected chi connectivity index (χ1v) is 7.42. The average Bonchev–Trinajstić information content (AvgIpc) is 3.09. The molecule has 0 aliphatic heterocycles. The summed E-state index contributed by atoms with van der Waals surface area (Å²) in [5, 5.41) is 10.7. The third kappa shape index (κ3) is 4.21. The van der Waals surface area contributed by atoms with Crippen molar-refractivity contribution in [1.29, 1.82) is 0 Å². The number of hydrogen-bond donors (Lipinski definition) is 2. The van der Waals surface area contributed by atoms with E-state index in [-0.39, 0.29) is 17.7 Å². The minimum absolute atomic E-state index is 0.0945. The highest BCUT2D eigenvalue weighted by molar-refractivity contribution is 5.97. The van der Waals surface area contributed by atoms with E-state index in [9.17, 15) is 9.59 Å². The molecule has 1 aromatic carbocycles. The van der Waals surface area contributed by atoms with Crippen molar-refractivity contribution in [2.75, 3.05) is 27.4 Å². The van der Waals surface area contributed by atoms with Crippen LogP contribution in [0.2, 0.25) is 0 Å². The molecule has 1 heterocycles. The van der Waals surface area contributed by atoms with Crippen LogP contribution in [0.25, 0.3) is 11.3 Å². The highest BCUT2D eigenvalue weighted by Crippen LogP contribution is 2.25. The molecule has 24 heavy (non-hydrogen) atoms. The van der Waals surface area contributed by atoms with Gasteiger partial charge in [0, 0.05) is 5.56 Å². The Hall–Kier alpha value is -2.64. The number of hydrogen-bond acceptors (Lipinski definition) is 6. The molecule has 7 heteroatoms. The highest BCUT2D eigenvalue weighted by atomic mass is 16.5. The average molecular weight is 334 g/mol. The minimum Gasteiger partial charge on any atom is -0.465 e. The summed E-state index contributed by atoms with van der Waals surface area (Å²) in [7, 11) is 2.55. The van der Waals surface area contributed by atoms with E-state index in [0.29, 0.717) is 24.4 Å². The molecule has 0 saturated heterocycles. The van der Waals surface area contributed by atoms with Crippen molar-refractivity contribution in [3.8, 4) is 11.3 Å². The molecule has 0 fully saturated rings. The Kier molecular flexibility index (Phi) is 6.11. The summed E-state index contributed by atoms with van der Waals surface area (Å²) in [5.74, 6) is 0.148. The standard InChI is InChI=1S/C17H19NO6/c1-22-16(20)12-7-11(8-13(9-12)17(21)23-2)15-4-3-14(24-15)10-18-5-6-19/h3-4,7-9,18-19H,5-6,10H2,1-2H3/p+1. The van der Waals surface area contributed by atoms with Gasteiger partial charge in [0.2, 0.25) is 0 Å². The Balaban J connectivity index is 2.34. The Bertz CT molecular complexity index is 687. The smallest absolute Gasteiger partial charge is 0.337 e. The lowest BCUT2D eigenvalue weighted by Crippen LogP contribution is -2.83. The van der Waals surface area contributed by atoms with E-state index in [2.05, 4.69) is 0 Å². The van der Waals surface area contributed by atoms with Crippen LogP contribution in [0.4, 0.5) is 0 Å². The summed E-state index contributed by atoms with van der Waals surface area (Å²) >= 11 is 0. The van der Waals surface area contributed by atoms with Gasteiger partial charge in [0.15, 0.2) is 5.76 Å². The van der Waals surface area contributed by atoms with Crippen LogP contribution in [0.5, 0.6) is 0 Å². The molecular weight excluding hydrogens is 314 g/mol. The number of aliphatic hydroxyl groups is 1. The van der Waals surface area contributed by atoms with Crippen LogP contribution in [0, 0.1) is 0 Å². The van der Waals surface area contributed by atoms with Crippen LogP contribution in [0.1, 0.15) is 26.5 Å². The first-order valence-electron chi connectivity index (χ1n) is 7.42. The third-order valence-electron chi connectivity index (χ3n) is 3.40. The fraction of sp³-hybridized carbons (Fsp3) is 0.294. The van der Waals surface area contributed by atoms with Gasteiger partial charge in [0.05, 0.1) is 38.5 Å². The predicted octanol–water partition coefficient (Wildman–Crippen LogP) is 0.575. The molecule has 2 aromatic rings. The SMILES string of the molecule is COC(=O)c1cc(C(=O)OC)cc(-c2ccc(C[NH2+]CCO)o2)c1. The van der Waals surface area contributed by atoms with Gasteiger partial charge in [-0.3, -0.25) is 0 Å². The molecule has 1 aromatic heterocycles. The summed E-state index contributed by atoms with van der Waals surface area (Å²) in [4.78, 5) is 23.6.